The highest BCUT2D eigenvalue weighted by molar-refractivity contribution is 5.20. The predicted octanol–water partition coefficient (Wildman–Crippen LogP) is 1.68. The molecular formula is C12H15FN4. The average molecular weight is 234 g/mol. The zero-order chi connectivity index (χ0) is 12.3. The number of benzene rings is 1. The number of hydrogen-bond donors (Lipinski definition) is 1. The van der Waals surface area contributed by atoms with Crippen LogP contribution in [0.5, 0.6) is 0 Å². The van der Waals surface area contributed by atoms with E-state index in [4.69, 9.17) is 5.73 Å². The summed E-state index contributed by atoms with van der Waals surface area (Å²) in [5.74, 6) is 0.599. The third-order valence-corrected chi connectivity index (χ3v) is 2.70. The molecule has 4 nitrogen and oxygen atoms in total. The van der Waals surface area contributed by atoms with E-state index in [1.165, 1.54) is 18.5 Å². The Labute approximate surface area is 99.3 Å². The monoisotopic (exact) mass is 234 g/mol. The topological polar surface area (TPSA) is 56.7 Å². The molecule has 1 heterocycles. The van der Waals surface area contributed by atoms with Crippen LogP contribution in [0, 0.1) is 5.82 Å². The Morgan fingerprint density at radius 1 is 1.35 bits per heavy atom. The summed E-state index contributed by atoms with van der Waals surface area (Å²) in [5.41, 5.74) is 6.96. The molecule has 0 amide bonds. The molecule has 0 fully saturated rings. The van der Waals surface area contributed by atoms with Crippen LogP contribution in [-0.2, 0) is 13.0 Å². The van der Waals surface area contributed by atoms with Gasteiger partial charge in [0.15, 0.2) is 0 Å². The summed E-state index contributed by atoms with van der Waals surface area (Å²) in [4.78, 5) is 4.17. The van der Waals surface area contributed by atoms with Crippen molar-refractivity contribution in [1.82, 2.24) is 14.8 Å². The number of nitrogens with zero attached hydrogens (tertiary/aromatic N) is 3. The number of aryl methyl sites for hydroxylation is 1. The van der Waals surface area contributed by atoms with Crippen molar-refractivity contribution in [3.05, 3.63) is 47.8 Å². The zero-order valence-electron chi connectivity index (χ0n) is 9.68. The van der Waals surface area contributed by atoms with Gasteiger partial charge in [0.2, 0.25) is 0 Å². The maximum atomic E-state index is 12.8. The van der Waals surface area contributed by atoms with Gasteiger partial charge in [0.05, 0.1) is 0 Å². The van der Waals surface area contributed by atoms with E-state index < -0.39 is 0 Å². The lowest BCUT2D eigenvalue weighted by atomic mass is 10.0. The van der Waals surface area contributed by atoms with Gasteiger partial charge in [-0.2, -0.15) is 5.10 Å². The van der Waals surface area contributed by atoms with Crippen LogP contribution in [0.25, 0.3) is 0 Å². The minimum Gasteiger partial charge on any atom is -0.324 e. The molecule has 2 N–H and O–H groups in total. The third kappa shape index (κ3) is 2.68. The van der Waals surface area contributed by atoms with Gasteiger partial charge >= 0.3 is 0 Å². The maximum Gasteiger partial charge on any atom is 0.138 e. The highest BCUT2D eigenvalue weighted by atomic mass is 19.1. The highest BCUT2D eigenvalue weighted by Gasteiger charge is 2.11. The molecule has 0 aliphatic carbocycles. The summed E-state index contributed by atoms with van der Waals surface area (Å²) in [6, 6.07) is 6.05. The van der Waals surface area contributed by atoms with Gasteiger partial charge in [0.1, 0.15) is 18.0 Å². The summed E-state index contributed by atoms with van der Waals surface area (Å²) in [6.07, 6.45) is 2.12. The number of hydrogen-bond acceptors (Lipinski definition) is 3. The first-order valence-corrected chi connectivity index (χ1v) is 5.58. The van der Waals surface area contributed by atoms with E-state index in [1.807, 2.05) is 11.6 Å². The summed E-state index contributed by atoms with van der Waals surface area (Å²) in [5, 5.41) is 4.09. The molecule has 0 spiro atoms. The minimum absolute atomic E-state index is 0.190. The molecular weight excluding hydrogens is 219 g/mol. The largest absolute Gasteiger partial charge is 0.324 e. The van der Waals surface area contributed by atoms with Crippen molar-refractivity contribution >= 4 is 0 Å². The normalized spacial score (nSPS) is 12.6. The Bertz CT molecular complexity index is 478. The van der Waals surface area contributed by atoms with Crippen LogP contribution in [-0.4, -0.2) is 14.8 Å². The lowest BCUT2D eigenvalue weighted by molar-refractivity contribution is 0.579. The van der Waals surface area contributed by atoms with Crippen molar-refractivity contribution < 1.29 is 4.39 Å². The van der Waals surface area contributed by atoms with Crippen LogP contribution < -0.4 is 5.73 Å². The molecule has 1 aromatic heterocycles. The quantitative estimate of drug-likeness (QED) is 0.875. The Kier molecular flexibility index (Phi) is 3.49. The van der Waals surface area contributed by atoms with Crippen molar-refractivity contribution in [2.24, 2.45) is 5.73 Å². The van der Waals surface area contributed by atoms with E-state index >= 15 is 0 Å². The van der Waals surface area contributed by atoms with Crippen LogP contribution >= 0.6 is 0 Å². The molecule has 0 aliphatic heterocycles. The van der Waals surface area contributed by atoms with Gasteiger partial charge in [0.25, 0.3) is 0 Å². The van der Waals surface area contributed by atoms with Gasteiger partial charge in [-0.15, -0.1) is 0 Å². The molecule has 0 bridgehead atoms. The van der Waals surface area contributed by atoms with Crippen molar-refractivity contribution in [2.45, 2.75) is 25.9 Å². The summed E-state index contributed by atoms with van der Waals surface area (Å²) in [6.45, 7) is 2.77. The lowest BCUT2D eigenvalue weighted by Gasteiger charge is -2.11. The SMILES string of the molecule is CCn1ncnc1CC(N)c1ccc(F)cc1. The van der Waals surface area contributed by atoms with Crippen LogP contribution in [0.4, 0.5) is 4.39 Å². The molecule has 5 heteroatoms. The number of halogens is 1. The van der Waals surface area contributed by atoms with E-state index in [2.05, 4.69) is 10.1 Å². The molecule has 1 atom stereocenters. The molecule has 1 unspecified atom stereocenters. The molecule has 2 rings (SSSR count). The van der Waals surface area contributed by atoms with Gasteiger partial charge in [-0.1, -0.05) is 12.1 Å². The fraction of sp³-hybridized carbons (Fsp3) is 0.333. The first-order chi connectivity index (χ1) is 8.20. The Balaban J connectivity index is 2.11. The van der Waals surface area contributed by atoms with Crippen LogP contribution in [0.15, 0.2) is 30.6 Å². The summed E-state index contributed by atoms with van der Waals surface area (Å²) >= 11 is 0. The summed E-state index contributed by atoms with van der Waals surface area (Å²) in [7, 11) is 0. The first kappa shape index (κ1) is 11.7. The first-order valence-electron chi connectivity index (χ1n) is 5.58. The average Bonchev–Trinajstić information content (AvgIpc) is 2.77. The van der Waals surface area contributed by atoms with Crippen molar-refractivity contribution in [3.63, 3.8) is 0 Å². The van der Waals surface area contributed by atoms with E-state index in [9.17, 15) is 4.39 Å². The van der Waals surface area contributed by atoms with Gasteiger partial charge < -0.3 is 5.73 Å². The lowest BCUT2D eigenvalue weighted by Crippen LogP contribution is -2.16. The molecule has 0 saturated carbocycles. The van der Waals surface area contributed by atoms with E-state index in [0.717, 1.165) is 17.9 Å². The van der Waals surface area contributed by atoms with E-state index in [1.54, 1.807) is 12.1 Å². The van der Waals surface area contributed by atoms with Crippen molar-refractivity contribution in [1.29, 1.82) is 0 Å². The fourth-order valence-electron chi connectivity index (χ4n) is 1.73. The Morgan fingerprint density at radius 3 is 2.71 bits per heavy atom. The molecule has 0 aliphatic rings. The van der Waals surface area contributed by atoms with Crippen LogP contribution in [0.2, 0.25) is 0 Å². The maximum absolute atomic E-state index is 12.8. The second-order valence-corrected chi connectivity index (χ2v) is 3.85. The van der Waals surface area contributed by atoms with Crippen molar-refractivity contribution in [2.75, 3.05) is 0 Å². The number of aromatic nitrogens is 3. The third-order valence-electron chi connectivity index (χ3n) is 2.70. The molecule has 90 valence electrons. The molecule has 17 heavy (non-hydrogen) atoms. The van der Waals surface area contributed by atoms with Gasteiger partial charge in [-0.25, -0.2) is 9.37 Å². The van der Waals surface area contributed by atoms with Crippen LogP contribution in [0.1, 0.15) is 24.4 Å². The number of rotatable bonds is 4. The Hall–Kier alpha value is -1.75. The predicted molar refractivity (Wildman–Crippen MR) is 62.7 cm³/mol. The fourth-order valence-corrected chi connectivity index (χ4v) is 1.73. The highest BCUT2D eigenvalue weighted by Crippen LogP contribution is 2.15. The van der Waals surface area contributed by atoms with Gasteiger partial charge in [-0.3, -0.25) is 4.68 Å². The molecule has 0 radical (unpaired) electrons. The molecule has 2 aromatic rings. The standard InChI is InChI=1S/C12H15FN4/c1-2-17-12(15-8-16-17)7-11(14)9-3-5-10(13)6-4-9/h3-6,8,11H,2,7,14H2,1H3. The molecule has 0 saturated heterocycles. The minimum atomic E-state index is -0.252. The van der Waals surface area contributed by atoms with Gasteiger partial charge in [-0.05, 0) is 24.6 Å². The Morgan fingerprint density at radius 2 is 2.06 bits per heavy atom. The summed E-state index contributed by atoms with van der Waals surface area (Å²) < 4.78 is 14.6. The second-order valence-electron chi connectivity index (χ2n) is 3.85. The van der Waals surface area contributed by atoms with Gasteiger partial charge in [0, 0.05) is 19.0 Å². The number of nitrogens with two attached hydrogens (primary N) is 1. The second kappa shape index (κ2) is 5.05. The van der Waals surface area contributed by atoms with E-state index in [-0.39, 0.29) is 11.9 Å². The molecule has 1 aromatic carbocycles. The smallest absolute Gasteiger partial charge is 0.138 e. The van der Waals surface area contributed by atoms with Crippen molar-refractivity contribution in [3.8, 4) is 0 Å². The zero-order valence-corrected chi connectivity index (χ0v) is 9.68. The van der Waals surface area contributed by atoms with E-state index in [0.29, 0.717) is 6.42 Å². The van der Waals surface area contributed by atoms with Crippen LogP contribution in [0.3, 0.4) is 0 Å².